The van der Waals surface area contributed by atoms with Gasteiger partial charge in [-0.05, 0) is 67.6 Å². The van der Waals surface area contributed by atoms with Gasteiger partial charge in [-0.1, -0.05) is 38.1 Å². The van der Waals surface area contributed by atoms with Crippen LogP contribution in [0, 0.1) is 26.7 Å². The van der Waals surface area contributed by atoms with Crippen LogP contribution in [0.4, 0.5) is 10.5 Å². The number of hydrogen-bond acceptors (Lipinski definition) is 5. The molecule has 0 spiro atoms. The lowest BCUT2D eigenvalue weighted by atomic mass is 10.1. The standard InChI is InChI=1S/C29H35N3O5/c1-19(2)14-32(29(34)30-28-20(3)7-6-8-21(28)4)17-27(33)31(16-24-11-9-22(5)37-24)15-23-10-12-25-26(13-23)36-18-35-25/h6-13,19H,14-18H2,1-5H3,(H,30,34). The van der Waals surface area contributed by atoms with Crippen LogP contribution >= 0.6 is 0 Å². The fourth-order valence-corrected chi connectivity index (χ4v) is 4.37. The molecule has 0 saturated heterocycles. The zero-order valence-corrected chi connectivity index (χ0v) is 22.2. The van der Waals surface area contributed by atoms with E-state index in [0.717, 1.165) is 28.1 Å². The normalized spacial score (nSPS) is 12.1. The molecule has 8 heteroatoms. The molecule has 0 saturated carbocycles. The van der Waals surface area contributed by atoms with Crippen molar-refractivity contribution in [1.29, 1.82) is 0 Å². The summed E-state index contributed by atoms with van der Waals surface area (Å²) in [6.45, 7) is 11.0. The number of para-hydroxylation sites is 1. The number of nitrogens with one attached hydrogen (secondary N) is 1. The van der Waals surface area contributed by atoms with E-state index in [0.29, 0.717) is 30.3 Å². The average Bonchev–Trinajstić information content (AvgIpc) is 3.48. The number of carbonyl (C=O) groups is 2. The van der Waals surface area contributed by atoms with Gasteiger partial charge in [-0.2, -0.15) is 0 Å². The van der Waals surface area contributed by atoms with E-state index in [1.807, 2.05) is 83.1 Å². The summed E-state index contributed by atoms with van der Waals surface area (Å²) in [5, 5.41) is 3.03. The highest BCUT2D eigenvalue weighted by molar-refractivity contribution is 5.93. The van der Waals surface area contributed by atoms with Gasteiger partial charge >= 0.3 is 6.03 Å². The number of amides is 3. The van der Waals surface area contributed by atoms with E-state index in [9.17, 15) is 9.59 Å². The number of furan rings is 1. The van der Waals surface area contributed by atoms with E-state index in [4.69, 9.17) is 13.9 Å². The van der Waals surface area contributed by atoms with Crippen LogP contribution in [0.5, 0.6) is 11.5 Å². The molecule has 0 bridgehead atoms. The molecule has 3 aromatic rings. The Morgan fingerprint density at radius 3 is 2.32 bits per heavy atom. The van der Waals surface area contributed by atoms with Gasteiger partial charge in [0.2, 0.25) is 12.7 Å². The second-order valence-corrected chi connectivity index (χ2v) is 9.92. The van der Waals surface area contributed by atoms with Crippen LogP contribution in [-0.4, -0.2) is 41.6 Å². The SMILES string of the molecule is Cc1ccc(CN(Cc2ccc3c(c2)OCO3)C(=O)CN(CC(C)C)C(=O)Nc2c(C)cccc2C)o1. The van der Waals surface area contributed by atoms with Gasteiger partial charge in [0, 0.05) is 18.8 Å². The van der Waals surface area contributed by atoms with Gasteiger partial charge in [-0.15, -0.1) is 0 Å². The summed E-state index contributed by atoms with van der Waals surface area (Å²) < 4.78 is 16.7. The van der Waals surface area contributed by atoms with Crippen LogP contribution in [0.2, 0.25) is 0 Å². The molecule has 2 heterocycles. The molecule has 37 heavy (non-hydrogen) atoms. The molecule has 3 amide bonds. The van der Waals surface area contributed by atoms with Gasteiger partial charge in [-0.3, -0.25) is 4.79 Å². The van der Waals surface area contributed by atoms with Crippen LogP contribution in [0.25, 0.3) is 0 Å². The first kappa shape index (κ1) is 26.1. The van der Waals surface area contributed by atoms with E-state index in [-0.39, 0.29) is 37.7 Å². The van der Waals surface area contributed by atoms with Crippen LogP contribution in [0.3, 0.4) is 0 Å². The number of hydrogen-bond donors (Lipinski definition) is 1. The molecule has 2 aromatic carbocycles. The average molecular weight is 506 g/mol. The molecular weight excluding hydrogens is 470 g/mol. The van der Waals surface area contributed by atoms with Crippen molar-refractivity contribution in [3.05, 3.63) is 76.7 Å². The Kier molecular flexibility index (Phi) is 8.06. The Balaban J connectivity index is 1.54. The summed E-state index contributed by atoms with van der Waals surface area (Å²) in [6, 6.07) is 15.0. The zero-order valence-electron chi connectivity index (χ0n) is 22.2. The number of benzene rings is 2. The highest BCUT2D eigenvalue weighted by Gasteiger charge is 2.25. The maximum atomic E-state index is 13.7. The Morgan fingerprint density at radius 1 is 0.919 bits per heavy atom. The number of rotatable bonds is 9. The van der Waals surface area contributed by atoms with Crippen molar-refractivity contribution in [3.8, 4) is 11.5 Å². The molecule has 1 aliphatic heterocycles. The Labute approximate surface area is 218 Å². The molecular formula is C29H35N3O5. The summed E-state index contributed by atoms with van der Waals surface area (Å²) >= 11 is 0. The quantitative estimate of drug-likeness (QED) is 0.406. The van der Waals surface area contributed by atoms with E-state index < -0.39 is 0 Å². The molecule has 0 aliphatic carbocycles. The fraction of sp³-hybridized carbons (Fsp3) is 0.379. The first-order valence-corrected chi connectivity index (χ1v) is 12.5. The molecule has 4 rings (SSSR count). The number of nitrogens with zero attached hydrogens (tertiary/aromatic N) is 2. The minimum atomic E-state index is -0.295. The Bertz CT molecular complexity index is 1250. The van der Waals surface area contributed by atoms with Crippen LogP contribution < -0.4 is 14.8 Å². The van der Waals surface area contributed by atoms with Crippen molar-refractivity contribution in [2.75, 3.05) is 25.2 Å². The number of urea groups is 1. The summed E-state index contributed by atoms with van der Waals surface area (Å²) in [5.74, 6) is 2.82. The van der Waals surface area contributed by atoms with Crippen molar-refractivity contribution >= 4 is 17.6 Å². The van der Waals surface area contributed by atoms with Crippen molar-refractivity contribution < 1.29 is 23.5 Å². The highest BCUT2D eigenvalue weighted by atomic mass is 16.7. The van der Waals surface area contributed by atoms with Gasteiger partial charge in [0.25, 0.3) is 0 Å². The van der Waals surface area contributed by atoms with E-state index >= 15 is 0 Å². The Hall–Kier alpha value is -3.94. The van der Waals surface area contributed by atoms with Crippen LogP contribution in [0.15, 0.2) is 52.9 Å². The maximum absolute atomic E-state index is 13.7. The lowest BCUT2D eigenvalue weighted by Gasteiger charge is -2.29. The monoisotopic (exact) mass is 505 g/mol. The number of anilines is 1. The van der Waals surface area contributed by atoms with Crippen LogP contribution in [-0.2, 0) is 17.9 Å². The molecule has 196 valence electrons. The first-order chi connectivity index (χ1) is 17.7. The lowest BCUT2D eigenvalue weighted by Crippen LogP contribution is -2.45. The predicted molar refractivity (Wildman–Crippen MR) is 142 cm³/mol. The van der Waals surface area contributed by atoms with Crippen LogP contribution in [0.1, 0.15) is 42.1 Å². The van der Waals surface area contributed by atoms with Gasteiger partial charge in [-0.25, -0.2) is 4.79 Å². The third kappa shape index (κ3) is 6.64. The summed E-state index contributed by atoms with van der Waals surface area (Å²) in [5.41, 5.74) is 3.62. The van der Waals surface area contributed by atoms with Crippen molar-refractivity contribution in [1.82, 2.24) is 9.80 Å². The highest BCUT2D eigenvalue weighted by Crippen LogP contribution is 2.33. The number of aryl methyl sites for hydroxylation is 3. The summed E-state index contributed by atoms with van der Waals surface area (Å²) in [7, 11) is 0. The maximum Gasteiger partial charge on any atom is 0.322 e. The third-order valence-electron chi connectivity index (χ3n) is 6.22. The number of ether oxygens (including phenoxy) is 2. The fourth-order valence-electron chi connectivity index (χ4n) is 4.37. The smallest absolute Gasteiger partial charge is 0.322 e. The second-order valence-electron chi connectivity index (χ2n) is 9.92. The van der Waals surface area contributed by atoms with Crippen molar-refractivity contribution in [2.45, 2.75) is 47.7 Å². The van der Waals surface area contributed by atoms with Crippen molar-refractivity contribution in [3.63, 3.8) is 0 Å². The molecule has 0 atom stereocenters. The molecule has 1 aliphatic rings. The summed E-state index contributed by atoms with van der Waals surface area (Å²) in [6.07, 6.45) is 0. The van der Waals surface area contributed by atoms with Gasteiger partial charge in [0.1, 0.15) is 18.1 Å². The Morgan fingerprint density at radius 2 is 1.65 bits per heavy atom. The van der Waals surface area contributed by atoms with Crippen molar-refractivity contribution in [2.24, 2.45) is 5.92 Å². The van der Waals surface area contributed by atoms with Gasteiger partial charge in [0.05, 0.1) is 6.54 Å². The predicted octanol–water partition coefficient (Wildman–Crippen LogP) is 5.65. The lowest BCUT2D eigenvalue weighted by molar-refractivity contribution is -0.133. The minimum Gasteiger partial charge on any atom is -0.464 e. The van der Waals surface area contributed by atoms with E-state index in [1.54, 1.807) is 9.80 Å². The molecule has 1 aromatic heterocycles. The first-order valence-electron chi connectivity index (χ1n) is 12.5. The second kappa shape index (κ2) is 11.4. The van der Waals surface area contributed by atoms with E-state index in [2.05, 4.69) is 5.32 Å². The molecule has 0 fully saturated rings. The molecule has 0 unspecified atom stereocenters. The molecule has 8 nitrogen and oxygen atoms in total. The van der Waals surface area contributed by atoms with Gasteiger partial charge in [0.15, 0.2) is 11.5 Å². The molecule has 1 N–H and O–H groups in total. The summed E-state index contributed by atoms with van der Waals surface area (Å²) in [4.78, 5) is 30.3. The zero-order chi connectivity index (χ0) is 26.5. The van der Waals surface area contributed by atoms with Gasteiger partial charge < -0.3 is 29.0 Å². The van der Waals surface area contributed by atoms with E-state index in [1.165, 1.54) is 0 Å². The molecule has 0 radical (unpaired) electrons. The minimum absolute atomic E-state index is 0.0564. The number of fused-ring (bicyclic) bond motifs is 1. The largest absolute Gasteiger partial charge is 0.464 e. The third-order valence-corrected chi connectivity index (χ3v) is 6.22. The number of carbonyl (C=O) groups excluding carboxylic acids is 2. The topological polar surface area (TPSA) is 84.2 Å².